The molecule has 6 atom stereocenters. The highest BCUT2D eigenvalue weighted by atomic mass is 32.2. The van der Waals surface area contributed by atoms with E-state index in [1.165, 1.54) is 19.2 Å². The second-order valence-corrected chi connectivity index (χ2v) is 11.5. The fraction of sp³-hybridized carbons (Fsp3) is 0.567. The number of carbonyl (C=O) groups is 1. The number of aryl methyl sites for hydroxylation is 1. The van der Waals surface area contributed by atoms with E-state index in [9.17, 15) is 23.4 Å². The Balaban J connectivity index is 2.16. The lowest BCUT2D eigenvalue weighted by Crippen LogP contribution is -2.25. The van der Waals surface area contributed by atoms with Gasteiger partial charge in [-0.2, -0.15) is 8.42 Å². The van der Waals surface area contributed by atoms with Gasteiger partial charge in [0.05, 0.1) is 30.3 Å². The molecule has 38 heavy (non-hydrogen) atoms. The van der Waals surface area contributed by atoms with Crippen molar-refractivity contribution in [3.05, 3.63) is 54.1 Å². The maximum atomic E-state index is 13.0. The van der Waals surface area contributed by atoms with Crippen LogP contribution in [0.15, 0.2) is 53.5 Å². The van der Waals surface area contributed by atoms with Gasteiger partial charge in [0, 0.05) is 25.2 Å². The maximum absolute atomic E-state index is 13.0. The molecule has 0 amide bonds. The average Bonchev–Trinajstić information content (AvgIpc) is 3.17. The van der Waals surface area contributed by atoms with Crippen molar-refractivity contribution in [2.24, 2.45) is 17.8 Å². The highest BCUT2D eigenvalue weighted by Gasteiger charge is 2.43. The number of unbranched alkanes of at least 4 members (excludes halogenated alkanes) is 1. The summed E-state index contributed by atoms with van der Waals surface area (Å²) < 4.78 is 36.4. The van der Waals surface area contributed by atoms with Crippen molar-refractivity contribution >= 4 is 16.1 Å². The lowest BCUT2D eigenvalue weighted by atomic mass is 9.88. The molecule has 1 fully saturated rings. The van der Waals surface area contributed by atoms with Crippen LogP contribution in [0.1, 0.15) is 64.4 Å². The van der Waals surface area contributed by atoms with Gasteiger partial charge in [0.2, 0.25) is 0 Å². The molecule has 0 aromatic heterocycles. The molecule has 7 nitrogen and oxygen atoms in total. The largest absolute Gasteiger partial charge is 0.469 e. The van der Waals surface area contributed by atoms with Crippen molar-refractivity contribution in [2.45, 2.75) is 88.9 Å². The number of allylic oxidation sites excluding steroid dienone is 2. The molecule has 2 rings (SSSR count). The Morgan fingerprint density at radius 2 is 1.95 bits per heavy atom. The number of carbonyl (C=O) groups excluding carboxylic acids is 1. The molecule has 0 radical (unpaired) electrons. The first-order valence-corrected chi connectivity index (χ1v) is 14.7. The van der Waals surface area contributed by atoms with Crippen molar-refractivity contribution in [1.82, 2.24) is 0 Å². The van der Waals surface area contributed by atoms with E-state index >= 15 is 0 Å². The van der Waals surface area contributed by atoms with E-state index in [2.05, 4.69) is 16.6 Å². The number of hydrogen-bond acceptors (Lipinski definition) is 7. The van der Waals surface area contributed by atoms with Crippen LogP contribution in [0.4, 0.5) is 0 Å². The molecule has 8 heteroatoms. The number of aliphatic hydroxyl groups is 2. The highest BCUT2D eigenvalue weighted by molar-refractivity contribution is 7.86. The zero-order valence-electron chi connectivity index (χ0n) is 22.9. The summed E-state index contributed by atoms with van der Waals surface area (Å²) in [6, 6.07) is 6.47. The molecule has 1 aromatic carbocycles. The number of benzene rings is 1. The lowest BCUT2D eigenvalue weighted by Gasteiger charge is -2.23. The van der Waals surface area contributed by atoms with E-state index in [4.69, 9.17) is 4.18 Å². The predicted octanol–water partition coefficient (Wildman–Crippen LogP) is 4.71. The van der Waals surface area contributed by atoms with Crippen LogP contribution in [-0.2, 0) is 23.8 Å². The number of esters is 1. The third-order valence-electron chi connectivity index (χ3n) is 7.02. The van der Waals surface area contributed by atoms with E-state index in [0.717, 1.165) is 12.0 Å². The number of hydrogen-bond donors (Lipinski definition) is 2. The van der Waals surface area contributed by atoms with Crippen LogP contribution in [0.5, 0.6) is 0 Å². The third-order valence-corrected chi connectivity index (χ3v) is 8.37. The fourth-order valence-corrected chi connectivity index (χ4v) is 5.71. The van der Waals surface area contributed by atoms with Gasteiger partial charge in [-0.05, 0) is 63.5 Å². The van der Waals surface area contributed by atoms with Crippen molar-refractivity contribution in [2.75, 3.05) is 7.11 Å². The maximum Gasteiger partial charge on any atom is 0.305 e. The molecule has 1 unspecified atom stereocenters. The number of rotatable bonds is 14. The van der Waals surface area contributed by atoms with Crippen LogP contribution in [0.2, 0.25) is 0 Å². The van der Waals surface area contributed by atoms with E-state index < -0.39 is 28.4 Å². The zero-order valence-corrected chi connectivity index (χ0v) is 23.7. The van der Waals surface area contributed by atoms with Gasteiger partial charge in [0.15, 0.2) is 0 Å². The van der Waals surface area contributed by atoms with Crippen molar-refractivity contribution in [3.63, 3.8) is 0 Å². The summed E-state index contributed by atoms with van der Waals surface area (Å²) in [7, 11) is -2.66. The summed E-state index contributed by atoms with van der Waals surface area (Å²) in [5.74, 6) is 4.90. The molecule has 0 aliphatic heterocycles. The van der Waals surface area contributed by atoms with E-state index in [-0.39, 0.29) is 35.0 Å². The van der Waals surface area contributed by atoms with E-state index in [1.807, 2.05) is 26.0 Å². The number of aliphatic hydroxyl groups excluding tert-OH is 2. The minimum absolute atomic E-state index is 0.00670. The molecule has 1 saturated carbocycles. The van der Waals surface area contributed by atoms with Gasteiger partial charge in [-0.15, -0.1) is 11.8 Å². The van der Waals surface area contributed by atoms with Crippen LogP contribution in [-0.4, -0.2) is 50.0 Å². The third kappa shape index (κ3) is 10.0. The zero-order chi connectivity index (χ0) is 28.1. The van der Waals surface area contributed by atoms with Gasteiger partial charge in [0.25, 0.3) is 10.1 Å². The van der Waals surface area contributed by atoms with Crippen molar-refractivity contribution in [1.29, 1.82) is 0 Å². The van der Waals surface area contributed by atoms with Gasteiger partial charge in [-0.3, -0.25) is 8.98 Å². The Hall–Kier alpha value is -2.44. The summed E-state index contributed by atoms with van der Waals surface area (Å²) >= 11 is 0. The Morgan fingerprint density at radius 3 is 2.61 bits per heavy atom. The van der Waals surface area contributed by atoms with Gasteiger partial charge >= 0.3 is 5.97 Å². The molecule has 0 saturated heterocycles. The quantitative estimate of drug-likeness (QED) is 0.114. The molecule has 210 valence electrons. The van der Waals surface area contributed by atoms with Crippen LogP contribution in [0.25, 0.3) is 0 Å². The smallest absolute Gasteiger partial charge is 0.305 e. The summed E-state index contributed by atoms with van der Waals surface area (Å²) in [6.45, 7) is 5.61. The molecule has 2 N–H and O–H groups in total. The average molecular weight is 547 g/mol. The number of methoxy groups -OCH3 is 1. The molecule has 0 bridgehead atoms. The first-order chi connectivity index (χ1) is 18.1. The summed E-state index contributed by atoms with van der Waals surface area (Å²) in [4.78, 5) is 11.4. The van der Waals surface area contributed by atoms with Gasteiger partial charge in [0.1, 0.15) is 0 Å². The molecule has 1 aromatic rings. The second kappa shape index (κ2) is 15.8. The first-order valence-electron chi connectivity index (χ1n) is 13.2. The molecule has 1 aliphatic rings. The Kier molecular flexibility index (Phi) is 13.3. The highest BCUT2D eigenvalue weighted by Crippen LogP contribution is 2.40. The van der Waals surface area contributed by atoms with Crippen LogP contribution in [0.3, 0.4) is 0 Å². The molecule has 1 aliphatic carbocycles. The topological polar surface area (TPSA) is 110 Å². The molecular formula is C30H42O7S. The predicted molar refractivity (Wildman–Crippen MR) is 147 cm³/mol. The minimum Gasteiger partial charge on any atom is -0.469 e. The Labute approximate surface area is 228 Å². The van der Waals surface area contributed by atoms with Crippen molar-refractivity contribution < 1.29 is 32.3 Å². The van der Waals surface area contributed by atoms with Gasteiger partial charge in [-0.25, -0.2) is 0 Å². The van der Waals surface area contributed by atoms with Gasteiger partial charge in [-0.1, -0.05) is 48.9 Å². The summed E-state index contributed by atoms with van der Waals surface area (Å²) in [5.41, 5.74) is 0.940. The monoisotopic (exact) mass is 546 g/mol. The van der Waals surface area contributed by atoms with Crippen LogP contribution < -0.4 is 0 Å². The normalized spacial score (nSPS) is 23.3. The minimum atomic E-state index is -4.02. The molecule has 0 spiro atoms. The van der Waals surface area contributed by atoms with E-state index in [0.29, 0.717) is 32.1 Å². The summed E-state index contributed by atoms with van der Waals surface area (Å²) in [6.07, 6.45) is 8.90. The van der Waals surface area contributed by atoms with Crippen LogP contribution >= 0.6 is 0 Å². The fourth-order valence-electron chi connectivity index (χ4n) is 4.58. The molecule has 0 heterocycles. The van der Waals surface area contributed by atoms with E-state index in [1.54, 1.807) is 31.2 Å². The second-order valence-electron chi connectivity index (χ2n) is 9.94. The SMILES string of the molecule is CC#CCCC(C)[C@H](O)/C=C/[C@@H]1[C@@H](C/C=C\CCCC(=O)OC)[C@H](OS(=O)(=O)c2ccc(C)cc2)C[C@H]1O. The number of ether oxygens (including phenoxy) is 1. The standard InChI is InChI=1S/C30H42O7S/c1-5-6-9-12-23(3)27(31)20-19-25-26(13-10-7-8-11-14-30(33)36-4)29(21-28(25)32)37-38(34,35)24-17-15-22(2)16-18-24/h7,10,15-20,23,25-29,31-32H,8-9,11-14,21H2,1-4H3/b10-7-,20-19+/t23?,25-,26-,27-,28-,29-/m1/s1. The van der Waals surface area contributed by atoms with Crippen molar-refractivity contribution in [3.8, 4) is 11.8 Å². The molecular weight excluding hydrogens is 504 g/mol. The first kappa shape index (κ1) is 31.8. The van der Waals surface area contributed by atoms with Crippen LogP contribution in [0, 0.1) is 36.5 Å². The van der Waals surface area contributed by atoms with Gasteiger partial charge < -0.3 is 14.9 Å². The Morgan fingerprint density at radius 1 is 1.24 bits per heavy atom. The Bertz CT molecular complexity index is 1100. The summed E-state index contributed by atoms with van der Waals surface area (Å²) in [5, 5.41) is 21.5. The lowest BCUT2D eigenvalue weighted by molar-refractivity contribution is -0.140.